The molecule has 2 heterocycles. The molecule has 3 aromatic rings. The van der Waals surface area contributed by atoms with Crippen LogP contribution in [0.5, 0.6) is 0 Å². The van der Waals surface area contributed by atoms with Crippen molar-refractivity contribution in [2.24, 2.45) is 0 Å². The normalized spacial score (nSPS) is 10.6. The topological polar surface area (TPSA) is 99.0 Å². The molecule has 26 heavy (non-hydrogen) atoms. The number of benzene rings is 1. The molecule has 0 aliphatic rings. The minimum atomic E-state index is -0.614. The lowest BCUT2D eigenvalue weighted by Gasteiger charge is -2.07. The molecule has 0 fully saturated rings. The van der Waals surface area contributed by atoms with Gasteiger partial charge in [-0.05, 0) is 51.1 Å². The van der Waals surface area contributed by atoms with Crippen LogP contribution in [0.1, 0.15) is 39.2 Å². The molecule has 0 spiro atoms. The fraction of sp³-hybridized carbons (Fsp3) is 0.235. The Morgan fingerprint density at radius 1 is 1.23 bits per heavy atom. The number of aryl methyl sites for hydroxylation is 2. The Balaban J connectivity index is 1.76. The lowest BCUT2D eigenvalue weighted by Crippen LogP contribution is -2.15. The van der Waals surface area contributed by atoms with Crippen LogP contribution in [0, 0.1) is 13.8 Å². The Bertz CT molecular complexity index is 946. The molecule has 8 nitrogen and oxygen atoms in total. The number of amides is 1. The summed E-state index contributed by atoms with van der Waals surface area (Å²) >= 11 is 0.923. The molecule has 3 rings (SSSR count). The van der Waals surface area contributed by atoms with Crippen LogP contribution >= 0.6 is 11.5 Å². The van der Waals surface area contributed by atoms with Gasteiger partial charge in [-0.2, -0.15) is 5.10 Å². The van der Waals surface area contributed by atoms with Gasteiger partial charge in [0.15, 0.2) is 5.00 Å². The summed E-state index contributed by atoms with van der Waals surface area (Å²) < 4.78 is 10.4. The second-order valence-corrected chi connectivity index (χ2v) is 6.27. The van der Waals surface area contributed by atoms with Gasteiger partial charge in [0.25, 0.3) is 5.91 Å². The van der Waals surface area contributed by atoms with E-state index in [0.717, 1.165) is 28.6 Å². The van der Waals surface area contributed by atoms with E-state index >= 15 is 0 Å². The number of hydrogen-bond donors (Lipinski definition) is 1. The molecule has 0 aliphatic heterocycles. The van der Waals surface area contributed by atoms with Crippen LogP contribution in [-0.4, -0.2) is 37.9 Å². The molecule has 134 valence electrons. The number of aromatic nitrogens is 4. The Labute approximate surface area is 154 Å². The minimum absolute atomic E-state index is 0.00413. The summed E-state index contributed by atoms with van der Waals surface area (Å²) in [6, 6.07) is 8.99. The highest BCUT2D eigenvalue weighted by atomic mass is 32.1. The van der Waals surface area contributed by atoms with Crippen molar-refractivity contribution in [3.63, 3.8) is 0 Å². The monoisotopic (exact) mass is 371 g/mol. The summed E-state index contributed by atoms with van der Waals surface area (Å²) in [5.41, 5.74) is 3.24. The van der Waals surface area contributed by atoms with Gasteiger partial charge >= 0.3 is 5.97 Å². The van der Waals surface area contributed by atoms with Crippen molar-refractivity contribution in [2.75, 3.05) is 11.9 Å². The summed E-state index contributed by atoms with van der Waals surface area (Å²) in [7, 11) is 0. The van der Waals surface area contributed by atoms with Gasteiger partial charge in [0.1, 0.15) is 0 Å². The largest absolute Gasteiger partial charge is 0.461 e. The Hall–Kier alpha value is -3.07. The third-order valence-corrected chi connectivity index (χ3v) is 4.21. The van der Waals surface area contributed by atoms with E-state index in [1.54, 1.807) is 19.1 Å². The second kappa shape index (κ2) is 7.44. The molecule has 2 aromatic heterocycles. The van der Waals surface area contributed by atoms with E-state index in [9.17, 15) is 9.59 Å². The summed E-state index contributed by atoms with van der Waals surface area (Å²) in [6.45, 7) is 5.81. The summed E-state index contributed by atoms with van der Waals surface area (Å²) in [5.74, 6) is -0.974. The van der Waals surface area contributed by atoms with Crippen LogP contribution in [-0.2, 0) is 4.74 Å². The van der Waals surface area contributed by atoms with Crippen LogP contribution in [0.4, 0.5) is 5.00 Å². The van der Waals surface area contributed by atoms with E-state index < -0.39 is 5.97 Å². The standard InChI is InChI=1S/C17H17N5O3S/c1-4-25-17(24)14-16(26-21-19-14)18-15(23)12-5-7-13(8-6-12)22-11(3)9-10(2)20-22/h5-9H,4H2,1-3H3,(H,18,23). The summed E-state index contributed by atoms with van der Waals surface area (Å²) in [6.07, 6.45) is 0. The second-order valence-electron chi connectivity index (χ2n) is 5.51. The van der Waals surface area contributed by atoms with Crippen LogP contribution < -0.4 is 5.32 Å². The smallest absolute Gasteiger partial charge is 0.362 e. The molecule has 0 atom stereocenters. The number of rotatable bonds is 5. The molecular formula is C17H17N5O3S. The number of ether oxygens (including phenoxy) is 1. The Morgan fingerprint density at radius 2 is 1.96 bits per heavy atom. The zero-order chi connectivity index (χ0) is 18.7. The Morgan fingerprint density at radius 3 is 2.58 bits per heavy atom. The van der Waals surface area contributed by atoms with E-state index in [2.05, 4.69) is 20.0 Å². The van der Waals surface area contributed by atoms with Crippen LogP contribution in [0.15, 0.2) is 30.3 Å². The van der Waals surface area contributed by atoms with Crippen molar-refractivity contribution in [1.29, 1.82) is 0 Å². The molecule has 1 N–H and O–H groups in total. The van der Waals surface area contributed by atoms with Crippen molar-refractivity contribution in [3.8, 4) is 5.69 Å². The van der Waals surface area contributed by atoms with E-state index in [1.807, 2.05) is 36.7 Å². The number of nitrogens with one attached hydrogen (secondary N) is 1. The number of nitrogens with zero attached hydrogens (tertiary/aromatic N) is 4. The SMILES string of the molecule is CCOC(=O)c1nnsc1NC(=O)c1ccc(-n2nc(C)cc2C)cc1. The predicted molar refractivity (Wildman–Crippen MR) is 96.9 cm³/mol. The average molecular weight is 371 g/mol. The van der Waals surface area contributed by atoms with Crippen molar-refractivity contribution in [3.05, 3.63) is 53.0 Å². The number of carbonyl (C=O) groups excluding carboxylic acids is 2. The molecule has 0 unspecified atom stereocenters. The van der Waals surface area contributed by atoms with Gasteiger partial charge in [-0.1, -0.05) is 4.49 Å². The molecule has 1 aromatic carbocycles. The highest BCUT2D eigenvalue weighted by Gasteiger charge is 2.20. The van der Waals surface area contributed by atoms with Crippen molar-refractivity contribution < 1.29 is 14.3 Å². The first-order chi connectivity index (χ1) is 12.5. The van der Waals surface area contributed by atoms with Gasteiger partial charge in [0.2, 0.25) is 5.69 Å². The van der Waals surface area contributed by atoms with Crippen LogP contribution in [0.25, 0.3) is 5.69 Å². The third kappa shape index (κ3) is 3.62. The minimum Gasteiger partial charge on any atom is -0.461 e. The zero-order valence-electron chi connectivity index (χ0n) is 14.5. The van der Waals surface area contributed by atoms with Gasteiger partial charge in [-0.25, -0.2) is 9.48 Å². The molecule has 0 saturated carbocycles. The number of esters is 1. The van der Waals surface area contributed by atoms with Crippen LogP contribution in [0.2, 0.25) is 0 Å². The Kier molecular flexibility index (Phi) is 5.08. The van der Waals surface area contributed by atoms with Crippen molar-refractivity contribution in [1.82, 2.24) is 19.4 Å². The maximum absolute atomic E-state index is 12.4. The first-order valence-electron chi connectivity index (χ1n) is 7.94. The molecule has 1 amide bonds. The van der Waals surface area contributed by atoms with Crippen LogP contribution in [0.3, 0.4) is 0 Å². The molecule has 0 aliphatic carbocycles. The van der Waals surface area contributed by atoms with Gasteiger partial charge in [0, 0.05) is 22.8 Å². The first-order valence-corrected chi connectivity index (χ1v) is 8.71. The zero-order valence-corrected chi connectivity index (χ0v) is 15.3. The maximum atomic E-state index is 12.4. The van der Waals surface area contributed by atoms with E-state index in [0.29, 0.717) is 5.56 Å². The van der Waals surface area contributed by atoms with Gasteiger partial charge in [0.05, 0.1) is 18.0 Å². The van der Waals surface area contributed by atoms with Crippen molar-refractivity contribution >= 4 is 28.4 Å². The summed E-state index contributed by atoms with van der Waals surface area (Å²) in [5, 5.41) is 11.0. The molecule has 0 saturated heterocycles. The third-order valence-electron chi connectivity index (χ3n) is 3.57. The molecule has 0 bridgehead atoms. The number of anilines is 1. The fourth-order valence-electron chi connectivity index (χ4n) is 2.43. The number of carbonyl (C=O) groups is 2. The van der Waals surface area contributed by atoms with Gasteiger partial charge in [-0.3, -0.25) is 4.79 Å². The van der Waals surface area contributed by atoms with E-state index in [1.165, 1.54) is 0 Å². The molecular weight excluding hydrogens is 354 g/mol. The maximum Gasteiger partial charge on any atom is 0.362 e. The fourth-order valence-corrected chi connectivity index (χ4v) is 2.98. The number of hydrogen-bond acceptors (Lipinski definition) is 7. The lowest BCUT2D eigenvalue weighted by molar-refractivity contribution is 0.0520. The summed E-state index contributed by atoms with van der Waals surface area (Å²) in [4.78, 5) is 24.2. The molecule has 9 heteroatoms. The highest BCUT2D eigenvalue weighted by Crippen LogP contribution is 2.20. The van der Waals surface area contributed by atoms with E-state index in [4.69, 9.17) is 4.74 Å². The lowest BCUT2D eigenvalue weighted by atomic mass is 10.2. The quantitative estimate of drug-likeness (QED) is 0.693. The van der Waals surface area contributed by atoms with Gasteiger partial charge in [-0.15, -0.1) is 5.10 Å². The predicted octanol–water partition coefficient (Wildman–Crippen LogP) is 2.77. The highest BCUT2D eigenvalue weighted by molar-refractivity contribution is 7.10. The van der Waals surface area contributed by atoms with Crippen molar-refractivity contribution in [2.45, 2.75) is 20.8 Å². The molecule has 0 radical (unpaired) electrons. The van der Waals surface area contributed by atoms with E-state index in [-0.39, 0.29) is 23.2 Å². The average Bonchev–Trinajstić information content (AvgIpc) is 3.21. The van der Waals surface area contributed by atoms with Gasteiger partial charge < -0.3 is 10.1 Å². The first kappa shape index (κ1) is 17.7.